The second-order valence-corrected chi connectivity index (χ2v) is 7.94. The topological polar surface area (TPSA) is 26.8 Å². The van der Waals surface area contributed by atoms with Crippen molar-refractivity contribution in [3.63, 3.8) is 0 Å². The lowest BCUT2D eigenvalue weighted by Crippen LogP contribution is -3.00. The highest BCUT2D eigenvalue weighted by molar-refractivity contribution is 8.01. The standard InChI is InChI=1S/C12H17N2S3.BrH/c1-10-11(15-9-5-6-13)17-12(16-10)14-7-3-2-4-8-14;/h2-5,7-9H2,1H3;1H/q+1;/p-1. The van der Waals surface area contributed by atoms with Crippen molar-refractivity contribution in [2.24, 2.45) is 0 Å². The molecular weight excluding hydrogens is 348 g/mol. The lowest BCUT2D eigenvalue weighted by Gasteiger charge is -2.07. The van der Waals surface area contributed by atoms with E-state index in [0.717, 1.165) is 5.75 Å². The van der Waals surface area contributed by atoms with E-state index < -0.39 is 0 Å². The summed E-state index contributed by atoms with van der Waals surface area (Å²) in [5, 5.41) is 8.56. The molecule has 2 rings (SSSR count). The molecule has 0 bridgehead atoms. The lowest BCUT2D eigenvalue weighted by atomic mass is 10.2. The van der Waals surface area contributed by atoms with E-state index >= 15 is 0 Å². The third-order valence-corrected chi connectivity index (χ3v) is 6.98. The van der Waals surface area contributed by atoms with Crippen LogP contribution in [0.15, 0.2) is 4.21 Å². The molecule has 0 aromatic carbocycles. The van der Waals surface area contributed by atoms with E-state index in [2.05, 4.69) is 17.6 Å². The molecule has 1 aromatic rings. The van der Waals surface area contributed by atoms with Gasteiger partial charge >= 0.3 is 3.98 Å². The Morgan fingerprint density at radius 1 is 1.28 bits per heavy atom. The molecule has 1 fully saturated rings. The number of nitrogens with zero attached hydrogens (tertiary/aromatic N) is 2. The van der Waals surface area contributed by atoms with E-state index in [1.54, 1.807) is 0 Å². The summed E-state index contributed by atoms with van der Waals surface area (Å²) in [4.78, 5) is 1.42. The van der Waals surface area contributed by atoms with Crippen LogP contribution in [0.1, 0.15) is 30.6 Å². The summed E-state index contributed by atoms with van der Waals surface area (Å²) in [6, 6.07) is 2.20. The fourth-order valence-corrected chi connectivity index (χ4v) is 5.95. The zero-order chi connectivity index (χ0) is 12.1. The van der Waals surface area contributed by atoms with E-state index in [9.17, 15) is 0 Å². The molecular formula is C12H17BrN2S3. The summed E-state index contributed by atoms with van der Waals surface area (Å²) in [5.41, 5.74) is 0. The van der Waals surface area contributed by atoms with Gasteiger partial charge in [-0.3, -0.25) is 0 Å². The molecule has 1 saturated heterocycles. The predicted octanol–water partition coefficient (Wildman–Crippen LogP) is 0.0839. The second-order valence-electron chi connectivity index (χ2n) is 4.12. The quantitative estimate of drug-likeness (QED) is 0.431. The number of piperidine rings is 1. The third kappa shape index (κ3) is 4.37. The summed E-state index contributed by atoms with van der Waals surface area (Å²) in [7, 11) is 0. The Bertz CT molecular complexity index is 476. The molecule has 2 heterocycles. The largest absolute Gasteiger partial charge is 1.00 e. The summed E-state index contributed by atoms with van der Waals surface area (Å²) in [6.45, 7) is 4.64. The average molecular weight is 365 g/mol. The number of nitriles is 1. The summed E-state index contributed by atoms with van der Waals surface area (Å²) in [6.07, 6.45) is 4.70. The second kappa shape index (κ2) is 8.36. The third-order valence-electron chi connectivity index (χ3n) is 2.77. The zero-order valence-electron chi connectivity index (χ0n) is 10.4. The average Bonchev–Trinajstić information content (AvgIpc) is 2.73. The van der Waals surface area contributed by atoms with Crippen molar-refractivity contribution in [3.05, 3.63) is 8.86 Å². The Labute approximate surface area is 131 Å². The first-order chi connectivity index (χ1) is 8.31. The molecule has 0 atom stereocenters. The van der Waals surface area contributed by atoms with Crippen molar-refractivity contribution < 1.29 is 17.0 Å². The molecule has 100 valence electrons. The maximum Gasteiger partial charge on any atom is 0.315 e. The highest BCUT2D eigenvalue weighted by Gasteiger charge is 2.15. The SMILES string of the molecule is Cc1sc(=[N+]2CCCCC2)sc1SCCC#N.[Br-]. The van der Waals surface area contributed by atoms with Gasteiger partial charge < -0.3 is 17.0 Å². The number of aryl methyl sites for hydroxylation is 1. The Kier molecular flexibility index (Phi) is 7.54. The molecule has 0 N–H and O–H groups in total. The Hall–Kier alpha value is 0.170. The van der Waals surface area contributed by atoms with Gasteiger partial charge in [0.05, 0.1) is 10.3 Å². The van der Waals surface area contributed by atoms with E-state index in [1.807, 2.05) is 34.4 Å². The highest BCUT2D eigenvalue weighted by Crippen LogP contribution is 2.28. The van der Waals surface area contributed by atoms with E-state index in [4.69, 9.17) is 5.26 Å². The van der Waals surface area contributed by atoms with Crippen molar-refractivity contribution in [3.8, 4) is 6.07 Å². The summed E-state index contributed by atoms with van der Waals surface area (Å²) < 4.78 is 5.40. The summed E-state index contributed by atoms with van der Waals surface area (Å²) >= 11 is 5.67. The monoisotopic (exact) mass is 364 g/mol. The smallest absolute Gasteiger partial charge is 0.315 e. The van der Waals surface area contributed by atoms with Gasteiger partial charge in [0.1, 0.15) is 13.1 Å². The van der Waals surface area contributed by atoms with Crippen LogP contribution < -0.4 is 25.5 Å². The Morgan fingerprint density at radius 3 is 2.67 bits per heavy atom. The number of hydrogen-bond donors (Lipinski definition) is 0. The number of halogens is 1. The van der Waals surface area contributed by atoms with Crippen LogP contribution in [0.5, 0.6) is 0 Å². The van der Waals surface area contributed by atoms with Crippen LogP contribution in [0.4, 0.5) is 0 Å². The molecule has 18 heavy (non-hydrogen) atoms. The van der Waals surface area contributed by atoms with E-state index in [1.165, 1.54) is 45.4 Å². The first kappa shape index (κ1) is 16.2. The van der Waals surface area contributed by atoms with Gasteiger partial charge in [-0.15, -0.1) is 11.8 Å². The minimum atomic E-state index is 0. The van der Waals surface area contributed by atoms with Gasteiger partial charge in [-0.25, -0.2) is 4.58 Å². The van der Waals surface area contributed by atoms with E-state index in [-0.39, 0.29) is 17.0 Å². The molecule has 1 aliphatic rings. The molecule has 1 aliphatic heterocycles. The molecule has 6 heteroatoms. The number of thioether (sulfide) groups is 1. The van der Waals surface area contributed by atoms with Gasteiger partial charge in [0.2, 0.25) is 0 Å². The van der Waals surface area contributed by atoms with Crippen molar-refractivity contribution in [2.75, 3.05) is 18.8 Å². The maximum atomic E-state index is 8.56. The molecule has 0 unspecified atom stereocenters. The van der Waals surface area contributed by atoms with Gasteiger partial charge in [0.15, 0.2) is 0 Å². The van der Waals surface area contributed by atoms with E-state index in [0.29, 0.717) is 6.42 Å². The Balaban J connectivity index is 0.00000162. The van der Waals surface area contributed by atoms with Gasteiger partial charge in [-0.05, 0) is 13.3 Å². The molecule has 0 radical (unpaired) electrons. The minimum Gasteiger partial charge on any atom is -1.00 e. The molecule has 0 aliphatic carbocycles. The van der Waals surface area contributed by atoms with Gasteiger partial charge in [-0.2, -0.15) is 5.26 Å². The first-order valence-corrected chi connectivity index (χ1v) is 8.61. The number of rotatable bonds is 3. The molecule has 0 amide bonds. The van der Waals surface area contributed by atoms with Crippen LogP contribution in [0.25, 0.3) is 0 Å². The number of hydrogen-bond acceptors (Lipinski definition) is 4. The van der Waals surface area contributed by atoms with Crippen LogP contribution >= 0.6 is 34.4 Å². The van der Waals surface area contributed by atoms with Crippen molar-refractivity contribution in [2.45, 2.75) is 36.8 Å². The zero-order valence-corrected chi connectivity index (χ0v) is 14.5. The van der Waals surface area contributed by atoms with Crippen LogP contribution in [0.3, 0.4) is 0 Å². The predicted molar refractivity (Wildman–Crippen MR) is 76.7 cm³/mol. The fraction of sp³-hybridized carbons (Fsp3) is 0.667. The van der Waals surface area contributed by atoms with Crippen LogP contribution in [-0.4, -0.2) is 18.8 Å². The Morgan fingerprint density at radius 2 is 2.00 bits per heavy atom. The van der Waals surface area contributed by atoms with Gasteiger partial charge in [0, 0.05) is 29.9 Å². The normalized spacial score (nSPS) is 15.0. The van der Waals surface area contributed by atoms with Crippen LogP contribution in [0.2, 0.25) is 0 Å². The first-order valence-electron chi connectivity index (χ1n) is 5.99. The molecule has 2 nitrogen and oxygen atoms in total. The molecule has 1 aromatic heterocycles. The lowest BCUT2D eigenvalue weighted by molar-refractivity contribution is -0.00000367. The van der Waals surface area contributed by atoms with Gasteiger partial charge in [0.25, 0.3) is 0 Å². The summed E-state index contributed by atoms with van der Waals surface area (Å²) in [5.74, 6) is 0.921. The van der Waals surface area contributed by atoms with Crippen molar-refractivity contribution in [1.82, 2.24) is 4.58 Å². The molecule has 0 spiro atoms. The fourth-order valence-electron chi connectivity index (χ4n) is 1.87. The minimum absolute atomic E-state index is 0. The highest BCUT2D eigenvalue weighted by atomic mass is 79.9. The van der Waals surface area contributed by atoms with Crippen molar-refractivity contribution in [1.29, 1.82) is 5.26 Å². The van der Waals surface area contributed by atoms with Crippen molar-refractivity contribution >= 4 is 34.4 Å². The molecule has 0 saturated carbocycles. The van der Waals surface area contributed by atoms with Gasteiger partial charge in [-0.1, -0.05) is 22.7 Å². The van der Waals surface area contributed by atoms with Crippen LogP contribution in [0, 0.1) is 18.3 Å². The van der Waals surface area contributed by atoms with Crippen LogP contribution in [-0.2, 0) is 0 Å². The maximum absolute atomic E-state index is 8.56.